The monoisotopic (exact) mass is 274 g/mol. The highest BCUT2D eigenvalue weighted by Gasteiger charge is 1.99. The van der Waals surface area contributed by atoms with Gasteiger partial charge in [0, 0.05) is 13.5 Å². The molecule has 0 aliphatic carbocycles. The minimum atomic E-state index is -0.328. The molecule has 0 fully saturated rings. The maximum atomic E-state index is 12.8. The maximum Gasteiger partial charge on any atom is 0.303 e. The Morgan fingerprint density at radius 1 is 1.25 bits per heavy atom. The predicted octanol–water partition coefficient (Wildman–Crippen LogP) is 2.90. The SMILES string of the molecule is CC(=O)OCc1ccc(NCc2ccc(F)cc2)cn1. The molecule has 0 unspecified atom stereocenters. The number of anilines is 1. The second kappa shape index (κ2) is 6.65. The van der Waals surface area contributed by atoms with E-state index in [9.17, 15) is 9.18 Å². The Morgan fingerprint density at radius 3 is 2.60 bits per heavy atom. The third-order valence-corrected chi connectivity index (χ3v) is 2.66. The normalized spacial score (nSPS) is 10.1. The fraction of sp³-hybridized carbons (Fsp3) is 0.200. The topological polar surface area (TPSA) is 51.2 Å². The van der Waals surface area contributed by atoms with E-state index in [1.807, 2.05) is 6.07 Å². The number of carbonyl (C=O) groups excluding carboxylic acids is 1. The molecule has 20 heavy (non-hydrogen) atoms. The van der Waals surface area contributed by atoms with Gasteiger partial charge in [-0.05, 0) is 29.8 Å². The van der Waals surface area contributed by atoms with Crippen molar-refractivity contribution in [1.29, 1.82) is 0 Å². The van der Waals surface area contributed by atoms with Crippen LogP contribution in [0.25, 0.3) is 0 Å². The summed E-state index contributed by atoms with van der Waals surface area (Å²) in [6.45, 7) is 2.12. The van der Waals surface area contributed by atoms with Gasteiger partial charge in [-0.15, -0.1) is 0 Å². The third-order valence-electron chi connectivity index (χ3n) is 2.66. The van der Waals surface area contributed by atoms with Crippen molar-refractivity contribution >= 4 is 11.7 Å². The van der Waals surface area contributed by atoms with Crippen LogP contribution in [-0.2, 0) is 22.7 Å². The van der Waals surface area contributed by atoms with Crippen LogP contribution in [0.2, 0.25) is 0 Å². The highest BCUT2D eigenvalue weighted by molar-refractivity contribution is 5.65. The Morgan fingerprint density at radius 2 is 2.00 bits per heavy atom. The zero-order chi connectivity index (χ0) is 14.4. The molecule has 0 saturated carbocycles. The van der Waals surface area contributed by atoms with E-state index in [0.29, 0.717) is 12.2 Å². The van der Waals surface area contributed by atoms with Gasteiger partial charge in [0.15, 0.2) is 0 Å². The molecular weight excluding hydrogens is 259 g/mol. The van der Waals surface area contributed by atoms with E-state index < -0.39 is 0 Å². The van der Waals surface area contributed by atoms with Gasteiger partial charge in [0.2, 0.25) is 0 Å². The van der Waals surface area contributed by atoms with Gasteiger partial charge in [-0.1, -0.05) is 12.1 Å². The van der Waals surface area contributed by atoms with E-state index in [0.717, 1.165) is 11.3 Å². The number of pyridine rings is 1. The molecule has 0 saturated heterocycles. The van der Waals surface area contributed by atoms with Crippen molar-refractivity contribution in [3.05, 3.63) is 59.7 Å². The van der Waals surface area contributed by atoms with Gasteiger partial charge in [0.1, 0.15) is 12.4 Å². The highest BCUT2D eigenvalue weighted by atomic mass is 19.1. The summed E-state index contributed by atoms with van der Waals surface area (Å²) in [7, 11) is 0. The summed E-state index contributed by atoms with van der Waals surface area (Å²) >= 11 is 0. The molecular formula is C15H15FN2O2. The number of carbonyl (C=O) groups is 1. The zero-order valence-electron chi connectivity index (χ0n) is 11.1. The van der Waals surface area contributed by atoms with Crippen molar-refractivity contribution < 1.29 is 13.9 Å². The summed E-state index contributed by atoms with van der Waals surface area (Å²) in [4.78, 5) is 14.9. The largest absolute Gasteiger partial charge is 0.459 e. The fourth-order valence-electron chi connectivity index (χ4n) is 1.60. The zero-order valence-corrected chi connectivity index (χ0v) is 11.1. The van der Waals surface area contributed by atoms with Gasteiger partial charge < -0.3 is 10.1 Å². The number of benzene rings is 1. The van der Waals surface area contributed by atoms with Crippen molar-refractivity contribution in [3.63, 3.8) is 0 Å². The van der Waals surface area contributed by atoms with Gasteiger partial charge in [-0.25, -0.2) is 4.39 Å². The number of ether oxygens (including phenoxy) is 1. The first-order chi connectivity index (χ1) is 9.63. The number of rotatable bonds is 5. The number of nitrogens with zero attached hydrogens (tertiary/aromatic N) is 1. The fourth-order valence-corrected chi connectivity index (χ4v) is 1.60. The first-order valence-corrected chi connectivity index (χ1v) is 6.20. The van der Waals surface area contributed by atoms with Crippen LogP contribution in [0.4, 0.5) is 10.1 Å². The third kappa shape index (κ3) is 4.35. The molecule has 0 atom stereocenters. The molecule has 0 bridgehead atoms. The molecule has 0 amide bonds. The van der Waals surface area contributed by atoms with E-state index in [2.05, 4.69) is 10.3 Å². The predicted molar refractivity (Wildman–Crippen MR) is 73.4 cm³/mol. The van der Waals surface area contributed by atoms with Gasteiger partial charge >= 0.3 is 5.97 Å². The molecule has 0 spiro atoms. The van der Waals surface area contributed by atoms with Crippen molar-refractivity contribution in [2.45, 2.75) is 20.1 Å². The summed E-state index contributed by atoms with van der Waals surface area (Å²) in [6, 6.07) is 9.95. The summed E-state index contributed by atoms with van der Waals surface area (Å²) in [5.74, 6) is -0.574. The van der Waals surface area contributed by atoms with Gasteiger partial charge in [0.05, 0.1) is 17.6 Å². The minimum absolute atomic E-state index is 0.174. The Bertz CT molecular complexity index is 567. The van der Waals surface area contributed by atoms with Gasteiger partial charge in [0.25, 0.3) is 0 Å². The van der Waals surface area contributed by atoms with E-state index in [4.69, 9.17) is 4.74 Å². The van der Waals surface area contributed by atoms with Crippen LogP contribution in [-0.4, -0.2) is 11.0 Å². The molecule has 2 aromatic rings. The Balaban J connectivity index is 1.87. The summed E-state index contributed by atoms with van der Waals surface area (Å²) < 4.78 is 17.6. The summed E-state index contributed by atoms with van der Waals surface area (Å²) in [5.41, 5.74) is 2.52. The average molecular weight is 274 g/mol. The number of halogens is 1. The molecule has 1 N–H and O–H groups in total. The molecule has 1 aromatic heterocycles. The van der Waals surface area contributed by atoms with Gasteiger partial charge in [-0.3, -0.25) is 9.78 Å². The van der Waals surface area contributed by atoms with Crippen molar-refractivity contribution in [1.82, 2.24) is 4.98 Å². The number of aromatic nitrogens is 1. The quantitative estimate of drug-likeness (QED) is 0.852. The Labute approximate surface area is 116 Å². The molecule has 5 heteroatoms. The molecule has 0 radical (unpaired) electrons. The number of hydrogen-bond donors (Lipinski definition) is 1. The second-order valence-electron chi connectivity index (χ2n) is 4.30. The van der Waals surface area contributed by atoms with Crippen LogP contribution in [0.1, 0.15) is 18.2 Å². The van der Waals surface area contributed by atoms with Crippen LogP contribution in [0.3, 0.4) is 0 Å². The lowest BCUT2D eigenvalue weighted by Crippen LogP contribution is -2.03. The Hall–Kier alpha value is -2.43. The first-order valence-electron chi connectivity index (χ1n) is 6.20. The summed E-state index contributed by atoms with van der Waals surface area (Å²) in [6.07, 6.45) is 1.67. The molecule has 1 heterocycles. The van der Waals surface area contributed by atoms with Crippen molar-refractivity contribution in [2.24, 2.45) is 0 Å². The molecule has 104 valence electrons. The molecule has 0 aliphatic rings. The maximum absolute atomic E-state index is 12.8. The molecule has 1 aromatic carbocycles. The van der Waals surface area contributed by atoms with Crippen molar-refractivity contribution in [3.8, 4) is 0 Å². The molecule has 0 aliphatic heterocycles. The lowest BCUT2D eigenvalue weighted by Gasteiger charge is -2.07. The summed E-state index contributed by atoms with van der Waals surface area (Å²) in [5, 5.41) is 3.18. The number of hydrogen-bond acceptors (Lipinski definition) is 4. The lowest BCUT2D eigenvalue weighted by atomic mass is 10.2. The van der Waals surface area contributed by atoms with Crippen LogP contribution in [0.5, 0.6) is 0 Å². The minimum Gasteiger partial charge on any atom is -0.459 e. The molecule has 2 rings (SSSR count). The standard InChI is InChI=1S/C15H15FN2O2/c1-11(19)20-10-15-7-6-14(9-18-15)17-8-12-2-4-13(16)5-3-12/h2-7,9,17H,8,10H2,1H3. The second-order valence-corrected chi connectivity index (χ2v) is 4.30. The van der Waals surface area contributed by atoms with E-state index in [1.165, 1.54) is 19.1 Å². The highest BCUT2D eigenvalue weighted by Crippen LogP contribution is 2.10. The lowest BCUT2D eigenvalue weighted by molar-refractivity contribution is -0.142. The van der Waals surface area contributed by atoms with Crippen LogP contribution in [0, 0.1) is 5.82 Å². The van der Waals surface area contributed by atoms with E-state index in [1.54, 1.807) is 24.4 Å². The molecule has 4 nitrogen and oxygen atoms in total. The first kappa shape index (κ1) is 14.0. The average Bonchev–Trinajstić information content (AvgIpc) is 2.45. The van der Waals surface area contributed by atoms with Crippen LogP contribution in [0.15, 0.2) is 42.6 Å². The Kier molecular flexibility index (Phi) is 4.65. The van der Waals surface area contributed by atoms with E-state index >= 15 is 0 Å². The van der Waals surface area contributed by atoms with Crippen molar-refractivity contribution in [2.75, 3.05) is 5.32 Å². The smallest absolute Gasteiger partial charge is 0.303 e. The van der Waals surface area contributed by atoms with E-state index in [-0.39, 0.29) is 18.4 Å². The van der Waals surface area contributed by atoms with Crippen LogP contribution < -0.4 is 5.32 Å². The van der Waals surface area contributed by atoms with Gasteiger partial charge in [-0.2, -0.15) is 0 Å². The number of esters is 1. The van der Waals surface area contributed by atoms with Crippen LogP contribution >= 0.6 is 0 Å². The number of nitrogens with one attached hydrogen (secondary N) is 1.